The van der Waals surface area contributed by atoms with Gasteiger partial charge in [0.05, 0.1) is 0 Å². The molecular formula is C12H23N3S. The van der Waals surface area contributed by atoms with Crippen LogP contribution in [0.1, 0.15) is 32.1 Å². The molecule has 0 radical (unpaired) electrons. The fourth-order valence-corrected chi connectivity index (χ4v) is 2.22. The van der Waals surface area contributed by atoms with Gasteiger partial charge in [0, 0.05) is 31.2 Å². The van der Waals surface area contributed by atoms with Gasteiger partial charge in [0.2, 0.25) is 0 Å². The second-order valence-electron chi connectivity index (χ2n) is 4.49. The van der Waals surface area contributed by atoms with Gasteiger partial charge in [-0.05, 0) is 18.9 Å². The van der Waals surface area contributed by atoms with Crippen molar-refractivity contribution in [2.75, 3.05) is 25.0 Å². The van der Waals surface area contributed by atoms with E-state index in [1.807, 2.05) is 6.20 Å². The van der Waals surface area contributed by atoms with Crippen LogP contribution in [-0.2, 0) is 6.54 Å². The number of hydrogen-bond acceptors (Lipinski definition) is 4. The summed E-state index contributed by atoms with van der Waals surface area (Å²) < 4.78 is 0. The molecule has 0 saturated heterocycles. The minimum Gasteiger partial charge on any atom is -0.351 e. The third-order valence-corrected chi connectivity index (χ3v) is 3.57. The van der Waals surface area contributed by atoms with Crippen molar-refractivity contribution in [1.29, 1.82) is 0 Å². The van der Waals surface area contributed by atoms with Crippen LogP contribution in [0.3, 0.4) is 0 Å². The number of aromatic nitrogens is 1. The van der Waals surface area contributed by atoms with Crippen molar-refractivity contribution in [3.8, 4) is 0 Å². The van der Waals surface area contributed by atoms with Crippen LogP contribution in [0.15, 0.2) is 6.20 Å². The SMILES string of the molecule is CCNCc1cnc(N(C)CCC(C)C)s1. The molecule has 1 aromatic rings. The molecule has 0 bridgehead atoms. The van der Waals surface area contributed by atoms with E-state index in [0.717, 1.165) is 30.7 Å². The maximum Gasteiger partial charge on any atom is 0.185 e. The van der Waals surface area contributed by atoms with Crippen molar-refractivity contribution in [3.05, 3.63) is 11.1 Å². The van der Waals surface area contributed by atoms with Crippen LogP contribution in [0.5, 0.6) is 0 Å². The van der Waals surface area contributed by atoms with Crippen molar-refractivity contribution in [1.82, 2.24) is 10.3 Å². The fourth-order valence-electron chi connectivity index (χ4n) is 1.35. The molecule has 0 aliphatic heterocycles. The standard InChI is InChI=1S/C12H23N3S/c1-5-13-8-11-9-14-12(16-11)15(4)7-6-10(2)3/h9-10,13H,5-8H2,1-4H3. The minimum absolute atomic E-state index is 0.753. The lowest BCUT2D eigenvalue weighted by Crippen LogP contribution is -2.19. The summed E-state index contributed by atoms with van der Waals surface area (Å²) in [4.78, 5) is 8.01. The molecule has 0 amide bonds. The zero-order chi connectivity index (χ0) is 12.0. The summed E-state index contributed by atoms with van der Waals surface area (Å²) in [6.45, 7) is 9.67. The summed E-state index contributed by atoms with van der Waals surface area (Å²) in [7, 11) is 2.12. The number of anilines is 1. The van der Waals surface area contributed by atoms with E-state index in [1.165, 1.54) is 11.3 Å². The van der Waals surface area contributed by atoms with Crippen LogP contribution < -0.4 is 10.2 Å². The molecule has 3 nitrogen and oxygen atoms in total. The lowest BCUT2D eigenvalue weighted by atomic mass is 10.1. The van der Waals surface area contributed by atoms with E-state index in [2.05, 4.69) is 43.0 Å². The second-order valence-corrected chi connectivity index (χ2v) is 5.59. The molecule has 0 saturated carbocycles. The average Bonchev–Trinajstić information content (AvgIpc) is 2.71. The molecule has 1 heterocycles. The van der Waals surface area contributed by atoms with Crippen molar-refractivity contribution >= 4 is 16.5 Å². The van der Waals surface area contributed by atoms with Crippen LogP contribution in [0.25, 0.3) is 0 Å². The molecule has 1 rings (SSSR count). The van der Waals surface area contributed by atoms with E-state index in [1.54, 1.807) is 11.3 Å². The van der Waals surface area contributed by atoms with Gasteiger partial charge in [-0.15, -0.1) is 11.3 Å². The largest absolute Gasteiger partial charge is 0.351 e. The Morgan fingerprint density at radius 3 is 2.88 bits per heavy atom. The highest BCUT2D eigenvalue weighted by Gasteiger charge is 2.07. The number of nitrogens with one attached hydrogen (secondary N) is 1. The Morgan fingerprint density at radius 2 is 2.25 bits per heavy atom. The van der Waals surface area contributed by atoms with E-state index in [0.29, 0.717) is 0 Å². The monoisotopic (exact) mass is 241 g/mol. The lowest BCUT2D eigenvalue weighted by molar-refractivity contribution is 0.585. The molecule has 16 heavy (non-hydrogen) atoms. The predicted molar refractivity (Wildman–Crippen MR) is 72.2 cm³/mol. The maximum atomic E-state index is 4.45. The maximum absolute atomic E-state index is 4.45. The van der Waals surface area contributed by atoms with Crippen LogP contribution >= 0.6 is 11.3 Å². The van der Waals surface area contributed by atoms with Crippen LogP contribution in [0, 0.1) is 5.92 Å². The van der Waals surface area contributed by atoms with Gasteiger partial charge in [-0.25, -0.2) is 4.98 Å². The molecule has 92 valence electrons. The summed E-state index contributed by atoms with van der Waals surface area (Å²) in [5.41, 5.74) is 0. The molecule has 0 fully saturated rings. The summed E-state index contributed by atoms with van der Waals surface area (Å²) in [5.74, 6) is 0.753. The molecule has 1 aromatic heterocycles. The van der Waals surface area contributed by atoms with E-state index >= 15 is 0 Å². The average molecular weight is 241 g/mol. The van der Waals surface area contributed by atoms with Gasteiger partial charge in [0.15, 0.2) is 5.13 Å². The summed E-state index contributed by atoms with van der Waals surface area (Å²) >= 11 is 1.78. The van der Waals surface area contributed by atoms with E-state index in [-0.39, 0.29) is 0 Å². The molecule has 0 unspecified atom stereocenters. The first-order valence-corrected chi connectivity index (χ1v) is 6.81. The fraction of sp³-hybridized carbons (Fsp3) is 0.750. The smallest absolute Gasteiger partial charge is 0.185 e. The van der Waals surface area contributed by atoms with Crippen LogP contribution in [0.2, 0.25) is 0 Å². The summed E-state index contributed by atoms with van der Waals surface area (Å²) in [6, 6.07) is 0. The van der Waals surface area contributed by atoms with E-state index < -0.39 is 0 Å². The third kappa shape index (κ3) is 4.49. The van der Waals surface area contributed by atoms with Gasteiger partial charge in [0.25, 0.3) is 0 Å². The first-order valence-electron chi connectivity index (χ1n) is 6.00. The number of rotatable bonds is 7. The van der Waals surface area contributed by atoms with Crippen molar-refractivity contribution in [2.24, 2.45) is 5.92 Å². The van der Waals surface area contributed by atoms with Gasteiger partial charge >= 0.3 is 0 Å². The number of nitrogens with zero attached hydrogens (tertiary/aromatic N) is 2. The van der Waals surface area contributed by atoms with Gasteiger partial charge in [-0.3, -0.25) is 0 Å². The van der Waals surface area contributed by atoms with Crippen LogP contribution in [-0.4, -0.2) is 25.1 Å². The van der Waals surface area contributed by atoms with Crippen LogP contribution in [0.4, 0.5) is 5.13 Å². The first kappa shape index (κ1) is 13.5. The number of hydrogen-bond donors (Lipinski definition) is 1. The zero-order valence-electron chi connectivity index (χ0n) is 10.8. The second kappa shape index (κ2) is 6.86. The first-order chi connectivity index (χ1) is 7.63. The van der Waals surface area contributed by atoms with Crippen molar-refractivity contribution in [3.63, 3.8) is 0 Å². The highest BCUT2D eigenvalue weighted by atomic mass is 32.1. The Hall–Kier alpha value is -0.610. The van der Waals surface area contributed by atoms with Crippen molar-refractivity contribution < 1.29 is 0 Å². The Morgan fingerprint density at radius 1 is 1.50 bits per heavy atom. The minimum atomic E-state index is 0.753. The molecular weight excluding hydrogens is 218 g/mol. The molecule has 0 spiro atoms. The Bertz CT molecular complexity index is 296. The lowest BCUT2D eigenvalue weighted by Gasteiger charge is -2.16. The third-order valence-electron chi connectivity index (χ3n) is 2.46. The predicted octanol–water partition coefficient (Wildman–Crippen LogP) is 2.73. The quantitative estimate of drug-likeness (QED) is 0.795. The van der Waals surface area contributed by atoms with E-state index in [4.69, 9.17) is 0 Å². The van der Waals surface area contributed by atoms with Gasteiger partial charge in [-0.2, -0.15) is 0 Å². The molecule has 0 aromatic carbocycles. The molecule has 0 atom stereocenters. The van der Waals surface area contributed by atoms with E-state index in [9.17, 15) is 0 Å². The Labute approximate surface area is 103 Å². The normalized spacial score (nSPS) is 11.1. The Balaban J connectivity index is 2.43. The molecule has 1 N–H and O–H groups in total. The van der Waals surface area contributed by atoms with Gasteiger partial charge < -0.3 is 10.2 Å². The summed E-state index contributed by atoms with van der Waals surface area (Å²) in [5, 5.41) is 4.45. The van der Waals surface area contributed by atoms with Crippen molar-refractivity contribution in [2.45, 2.75) is 33.7 Å². The van der Waals surface area contributed by atoms with Gasteiger partial charge in [-0.1, -0.05) is 20.8 Å². The number of thiazole rings is 1. The molecule has 0 aliphatic rings. The zero-order valence-corrected chi connectivity index (χ0v) is 11.6. The topological polar surface area (TPSA) is 28.2 Å². The summed E-state index contributed by atoms with van der Waals surface area (Å²) in [6.07, 6.45) is 3.20. The van der Waals surface area contributed by atoms with Gasteiger partial charge in [0.1, 0.15) is 0 Å². The molecule has 0 aliphatic carbocycles. The highest BCUT2D eigenvalue weighted by molar-refractivity contribution is 7.15. The Kier molecular flexibility index (Phi) is 5.77. The molecule has 4 heteroatoms. The highest BCUT2D eigenvalue weighted by Crippen LogP contribution is 2.21.